The van der Waals surface area contributed by atoms with Gasteiger partial charge in [0.25, 0.3) is 0 Å². The van der Waals surface area contributed by atoms with Crippen LogP contribution in [0.25, 0.3) is 22.5 Å². The van der Waals surface area contributed by atoms with Crippen LogP contribution in [-0.2, 0) is 24.2 Å². The number of aromatic nitrogens is 4. The molecule has 5 N–H and O–H groups in total. The molecular formula is C52H54Cl4N8O3. The molecule has 4 aliphatic rings. The van der Waals surface area contributed by atoms with Crippen molar-refractivity contribution in [3.8, 4) is 22.5 Å². The van der Waals surface area contributed by atoms with Crippen molar-refractivity contribution in [3.63, 3.8) is 0 Å². The van der Waals surface area contributed by atoms with Gasteiger partial charge >= 0.3 is 5.97 Å². The number of halogens is 4. The highest BCUT2D eigenvalue weighted by molar-refractivity contribution is 6.44. The maximum atomic E-state index is 13.0. The molecule has 0 amide bonds. The summed E-state index contributed by atoms with van der Waals surface area (Å²) in [6.07, 6.45) is 5.80. The number of esters is 1. The molecule has 2 spiro atoms. The minimum atomic E-state index is -0.500. The lowest BCUT2D eigenvalue weighted by Crippen LogP contribution is -2.45. The Morgan fingerprint density at radius 1 is 0.657 bits per heavy atom. The van der Waals surface area contributed by atoms with Gasteiger partial charge in [-0.15, -0.1) is 0 Å². The van der Waals surface area contributed by atoms with Gasteiger partial charge in [0.15, 0.2) is 17.3 Å². The number of hydrogen-bond acceptors (Lipinski definition) is 11. The quantitative estimate of drug-likeness (QED) is 0.131. The monoisotopic (exact) mass is 978 g/mol. The van der Waals surface area contributed by atoms with E-state index in [0.29, 0.717) is 54.2 Å². The first-order chi connectivity index (χ1) is 32.3. The van der Waals surface area contributed by atoms with Crippen molar-refractivity contribution in [2.45, 2.75) is 78.0 Å². The van der Waals surface area contributed by atoms with Crippen LogP contribution in [0, 0.1) is 24.7 Å². The lowest BCUT2D eigenvalue weighted by Gasteiger charge is -2.43. The van der Waals surface area contributed by atoms with E-state index in [0.717, 1.165) is 81.8 Å². The highest BCUT2D eigenvalue weighted by Crippen LogP contribution is 2.52. The Morgan fingerprint density at radius 2 is 1.10 bits per heavy atom. The van der Waals surface area contributed by atoms with Crippen molar-refractivity contribution >= 4 is 64.0 Å². The van der Waals surface area contributed by atoms with E-state index in [4.69, 9.17) is 82.5 Å². The predicted octanol–water partition coefficient (Wildman–Crippen LogP) is 10.9. The Hall–Kier alpha value is -4.85. The molecule has 15 heteroatoms. The summed E-state index contributed by atoms with van der Waals surface area (Å²) < 4.78 is 5.35. The maximum absolute atomic E-state index is 13.0. The lowest BCUT2D eigenvalue weighted by molar-refractivity contribution is 0.0519. The second kappa shape index (κ2) is 19.3. The van der Waals surface area contributed by atoms with Crippen LogP contribution in [-0.4, -0.2) is 63.8 Å². The molecule has 10 rings (SSSR count). The number of fused-ring (bicyclic) bond motifs is 2. The van der Waals surface area contributed by atoms with E-state index in [2.05, 4.69) is 58.3 Å². The number of hydrogen-bond donors (Lipinski definition) is 3. The van der Waals surface area contributed by atoms with Crippen LogP contribution in [0.2, 0.25) is 20.1 Å². The normalized spacial score (nSPS) is 19.0. The van der Waals surface area contributed by atoms with Crippen LogP contribution in [0.3, 0.4) is 0 Å². The molecule has 2 aromatic heterocycles. The number of rotatable bonds is 7. The van der Waals surface area contributed by atoms with Crippen molar-refractivity contribution in [3.05, 3.63) is 150 Å². The van der Waals surface area contributed by atoms with Crippen LogP contribution in [0.1, 0.15) is 94.5 Å². The SMILES string of the molecule is CCOC(=O)c1nc(-c2cccc(Cl)c2Cl)c(C)nc1N1CCC2(CC1)Cc1ccccc1[C@H]2N.Cc1nc(N2CCC3(CC2)Cc2ccccc2[C@H]3N)c(CO)nc1-c1cccc(Cl)c1Cl. The highest BCUT2D eigenvalue weighted by Gasteiger charge is 2.47. The van der Waals surface area contributed by atoms with Gasteiger partial charge in [-0.05, 0) is 105 Å². The fourth-order valence-electron chi connectivity index (χ4n) is 10.8. The zero-order chi connectivity index (χ0) is 47.2. The summed E-state index contributed by atoms with van der Waals surface area (Å²) in [4.78, 5) is 36.5. The number of aryl methyl sites for hydroxylation is 2. The van der Waals surface area contributed by atoms with E-state index < -0.39 is 5.97 Å². The third kappa shape index (κ3) is 8.77. The van der Waals surface area contributed by atoms with Gasteiger partial charge in [0.1, 0.15) is 5.69 Å². The van der Waals surface area contributed by atoms with E-state index >= 15 is 0 Å². The third-order valence-corrected chi connectivity index (χ3v) is 16.1. The van der Waals surface area contributed by atoms with Gasteiger partial charge in [-0.3, -0.25) is 0 Å². The van der Waals surface area contributed by atoms with Crippen LogP contribution in [0.5, 0.6) is 0 Å². The average molecular weight is 981 g/mol. The predicted molar refractivity (Wildman–Crippen MR) is 268 cm³/mol. The van der Waals surface area contributed by atoms with Gasteiger partial charge < -0.3 is 31.1 Å². The van der Waals surface area contributed by atoms with E-state index in [9.17, 15) is 9.90 Å². The van der Waals surface area contributed by atoms with Crippen molar-refractivity contribution in [1.29, 1.82) is 0 Å². The first-order valence-corrected chi connectivity index (χ1v) is 24.4. The standard InChI is InChI=1S/C27H28Cl2N4O2.C25H26Cl2N4O/c1-3-35-26(34)23-25(31-16(2)22(32-23)19-9-6-10-20(28)21(19)29)33-13-11-27(12-14-33)15-17-7-4-5-8-18(17)24(27)30;1-15-22(18-7-4-8-19(26)21(18)27)30-20(14-32)24(29-15)31-11-9-25(10-12-31)13-16-5-2-3-6-17(16)23(25)28/h4-10,24H,3,11-15,30H2,1-2H3;2-8,23,32H,9-14,28H2,1H3/t24-;23-/m11/s1. The molecule has 4 aromatic carbocycles. The molecule has 4 heterocycles. The molecule has 0 unspecified atom stereocenters. The summed E-state index contributed by atoms with van der Waals surface area (Å²) in [5, 5.41) is 11.8. The first kappa shape index (κ1) is 47.2. The summed E-state index contributed by atoms with van der Waals surface area (Å²) in [6.45, 7) is 8.75. The molecule has 67 heavy (non-hydrogen) atoms. The smallest absolute Gasteiger partial charge is 0.360 e. The number of aliphatic hydroxyl groups is 1. The van der Waals surface area contributed by atoms with E-state index in [1.54, 1.807) is 25.1 Å². The molecule has 0 radical (unpaired) electrons. The first-order valence-electron chi connectivity index (χ1n) is 22.9. The third-order valence-electron chi connectivity index (χ3n) is 14.5. The lowest BCUT2D eigenvalue weighted by atomic mass is 9.73. The van der Waals surface area contributed by atoms with Gasteiger partial charge in [-0.2, -0.15) is 0 Å². The molecular weight excluding hydrogens is 926 g/mol. The molecule has 348 valence electrons. The average Bonchev–Trinajstić information content (AvgIpc) is 3.76. The molecule has 6 aromatic rings. The van der Waals surface area contributed by atoms with Gasteiger partial charge in [-0.25, -0.2) is 24.7 Å². The van der Waals surface area contributed by atoms with Crippen LogP contribution >= 0.6 is 46.4 Å². The number of carbonyl (C=O) groups is 1. The van der Waals surface area contributed by atoms with E-state index in [-0.39, 0.29) is 41.8 Å². The second-order valence-corrected chi connectivity index (χ2v) is 19.8. The van der Waals surface area contributed by atoms with Gasteiger partial charge in [0, 0.05) is 49.4 Å². The summed E-state index contributed by atoms with van der Waals surface area (Å²) in [6, 6.07) is 27.9. The largest absolute Gasteiger partial charge is 0.461 e. The van der Waals surface area contributed by atoms with Gasteiger partial charge in [0.2, 0.25) is 0 Å². The van der Waals surface area contributed by atoms with Crippen LogP contribution in [0.4, 0.5) is 11.6 Å². The summed E-state index contributed by atoms with van der Waals surface area (Å²) >= 11 is 25.3. The number of piperidine rings is 2. The fraction of sp³-hybridized carbons (Fsp3) is 0.365. The molecule has 2 aliphatic heterocycles. The molecule has 2 saturated heterocycles. The maximum Gasteiger partial charge on any atom is 0.360 e. The number of anilines is 2. The zero-order valence-corrected chi connectivity index (χ0v) is 40.9. The Kier molecular flexibility index (Phi) is 13.6. The Morgan fingerprint density at radius 3 is 1.57 bits per heavy atom. The molecule has 2 fully saturated rings. The topological polar surface area (TPSA) is 157 Å². The Bertz CT molecular complexity index is 2850. The Balaban J connectivity index is 0.000000169. The summed E-state index contributed by atoms with van der Waals surface area (Å²) in [5.41, 5.74) is 23.5. The summed E-state index contributed by atoms with van der Waals surface area (Å²) in [7, 11) is 0. The number of carbonyl (C=O) groups excluding carboxylic acids is 1. The van der Waals surface area contributed by atoms with Gasteiger partial charge in [-0.1, -0.05) is 119 Å². The van der Waals surface area contributed by atoms with Gasteiger partial charge in [0.05, 0.1) is 56.1 Å². The summed E-state index contributed by atoms with van der Waals surface area (Å²) in [5.74, 6) is 0.785. The van der Waals surface area contributed by atoms with Crippen molar-refractivity contribution in [2.75, 3.05) is 42.6 Å². The molecule has 0 saturated carbocycles. The highest BCUT2D eigenvalue weighted by atomic mass is 35.5. The van der Waals surface area contributed by atoms with Crippen LogP contribution in [0.15, 0.2) is 84.9 Å². The molecule has 0 bridgehead atoms. The fourth-order valence-corrected chi connectivity index (χ4v) is 11.6. The number of aliphatic hydroxyl groups excluding tert-OH is 1. The van der Waals surface area contributed by atoms with Crippen LogP contribution < -0.4 is 21.3 Å². The van der Waals surface area contributed by atoms with E-state index in [1.165, 1.54) is 22.3 Å². The van der Waals surface area contributed by atoms with Crippen molar-refractivity contribution < 1.29 is 14.6 Å². The van der Waals surface area contributed by atoms with E-state index in [1.807, 2.05) is 32.0 Å². The number of nitrogens with zero attached hydrogens (tertiary/aromatic N) is 6. The van der Waals surface area contributed by atoms with Crippen molar-refractivity contribution in [2.24, 2.45) is 22.3 Å². The molecule has 2 aliphatic carbocycles. The second-order valence-electron chi connectivity index (χ2n) is 18.2. The number of ether oxygens (including phenoxy) is 1. The number of nitrogens with two attached hydrogens (primary N) is 2. The minimum Gasteiger partial charge on any atom is -0.461 e. The van der Waals surface area contributed by atoms with Crippen molar-refractivity contribution in [1.82, 2.24) is 19.9 Å². The Labute approximate surface area is 411 Å². The minimum absolute atomic E-state index is 0.0190. The number of benzene rings is 4. The molecule has 2 atom stereocenters. The molecule has 11 nitrogen and oxygen atoms in total. The zero-order valence-electron chi connectivity index (χ0n) is 37.8.